The Hall–Kier alpha value is -2.39. The van der Waals surface area contributed by atoms with Gasteiger partial charge in [0.1, 0.15) is 12.4 Å². The highest BCUT2D eigenvalue weighted by Gasteiger charge is 2.29. The third kappa shape index (κ3) is 5.67. The van der Waals surface area contributed by atoms with E-state index in [0.29, 0.717) is 0 Å². The molecule has 10 heteroatoms. The Morgan fingerprint density at radius 1 is 1.17 bits per heavy atom. The molecule has 7 nitrogen and oxygen atoms in total. The van der Waals surface area contributed by atoms with Crippen LogP contribution in [-0.4, -0.2) is 54.1 Å². The minimum Gasteiger partial charge on any atom is -0.355 e. The Morgan fingerprint density at radius 3 is 2.42 bits per heavy atom. The molecule has 0 aromatic carbocycles. The van der Waals surface area contributed by atoms with Crippen molar-refractivity contribution in [1.29, 1.82) is 0 Å². The molecule has 2 rings (SSSR count). The third-order valence-electron chi connectivity index (χ3n) is 3.69. The number of nitrogens with one attached hydrogen (secondary N) is 2. The molecule has 1 saturated heterocycles. The van der Waals surface area contributed by atoms with Crippen molar-refractivity contribution >= 4 is 17.6 Å². The van der Waals surface area contributed by atoms with E-state index in [-0.39, 0.29) is 12.5 Å². The predicted octanol–water partition coefficient (Wildman–Crippen LogP) is 0.488. The third-order valence-corrected chi connectivity index (χ3v) is 3.69. The van der Waals surface area contributed by atoms with Gasteiger partial charge in [-0.25, -0.2) is 4.98 Å². The molecule has 1 fully saturated rings. The van der Waals surface area contributed by atoms with Gasteiger partial charge in [-0.1, -0.05) is 0 Å². The van der Waals surface area contributed by atoms with E-state index in [4.69, 9.17) is 0 Å². The zero-order chi connectivity index (χ0) is 17.6. The zero-order valence-electron chi connectivity index (χ0n) is 12.8. The first-order valence-electron chi connectivity index (χ1n) is 7.49. The van der Waals surface area contributed by atoms with Crippen LogP contribution in [0.25, 0.3) is 0 Å². The van der Waals surface area contributed by atoms with E-state index >= 15 is 0 Å². The lowest BCUT2D eigenvalue weighted by Gasteiger charge is -2.32. The number of amides is 2. The summed E-state index contributed by atoms with van der Waals surface area (Å²) in [5.74, 6) is -1.37. The van der Waals surface area contributed by atoms with Gasteiger partial charge in [0.2, 0.25) is 0 Å². The van der Waals surface area contributed by atoms with Gasteiger partial charge >= 0.3 is 18.0 Å². The summed E-state index contributed by atoms with van der Waals surface area (Å²) in [5, 5.41) is 3.92. The van der Waals surface area contributed by atoms with E-state index in [1.807, 2.05) is 0 Å². The maximum atomic E-state index is 12.0. The van der Waals surface area contributed by atoms with Gasteiger partial charge in [0, 0.05) is 32.0 Å². The second kappa shape index (κ2) is 7.93. The number of piperidine rings is 1. The maximum absolute atomic E-state index is 12.0. The number of halogens is 3. The van der Waals surface area contributed by atoms with Crippen LogP contribution in [0, 0.1) is 5.92 Å². The number of alkyl halides is 3. The van der Waals surface area contributed by atoms with Crippen LogP contribution in [0.1, 0.15) is 12.8 Å². The molecule has 1 aliphatic rings. The van der Waals surface area contributed by atoms with Gasteiger partial charge in [0.05, 0.1) is 6.20 Å². The van der Waals surface area contributed by atoms with Crippen LogP contribution in [0.3, 0.4) is 0 Å². The highest BCUT2D eigenvalue weighted by molar-refractivity contribution is 6.35. The number of carbonyl (C=O) groups excluding carboxylic acids is 2. The monoisotopic (exact) mass is 345 g/mol. The van der Waals surface area contributed by atoms with Crippen LogP contribution in [-0.2, 0) is 9.59 Å². The largest absolute Gasteiger partial charge is 0.405 e. The van der Waals surface area contributed by atoms with Crippen molar-refractivity contribution < 1.29 is 22.8 Å². The van der Waals surface area contributed by atoms with Crippen LogP contribution in [0.15, 0.2) is 18.6 Å². The van der Waals surface area contributed by atoms with Gasteiger partial charge in [-0.2, -0.15) is 13.2 Å². The number of rotatable bonds is 4. The highest BCUT2D eigenvalue weighted by Crippen LogP contribution is 2.20. The van der Waals surface area contributed by atoms with Crippen LogP contribution in [0.2, 0.25) is 0 Å². The second-order valence-corrected chi connectivity index (χ2v) is 5.50. The first-order valence-corrected chi connectivity index (χ1v) is 7.49. The van der Waals surface area contributed by atoms with Gasteiger partial charge in [-0.3, -0.25) is 14.6 Å². The van der Waals surface area contributed by atoms with E-state index in [1.54, 1.807) is 18.6 Å². The number of hydrogen-bond acceptors (Lipinski definition) is 5. The van der Waals surface area contributed by atoms with Crippen molar-refractivity contribution in [3.8, 4) is 0 Å². The number of hydrogen-bond donors (Lipinski definition) is 2. The lowest BCUT2D eigenvalue weighted by Crippen LogP contribution is -2.45. The molecule has 0 spiro atoms. The van der Waals surface area contributed by atoms with Crippen LogP contribution in [0.4, 0.5) is 19.0 Å². The molecule has 1 aromatic heterocycles. The van der Waals surface area contributed by atoms with Crippen LogP contribution >= 0.6 is 0 Å². The summed E-state index contributed by atoms with van der Waals surface area (Å²) >= 11 is 0. The van der Waals surface area contributed by atoms with Gasteiger partial charge in [0.25, 0.3) is 0 Å². The van der Waals surface area contributed by atoms with Crippen molar-refractivity contribution in [2.24, 2.45) is 5.92 Å². The molecule has 0 saturated carbocycles. The van der Waals surface area contributed by atoms with Gasteiger partial charge in [-0.15, -0.1) is 0 Å². The first kappa shape index (κ1) is 18.0. The van der Waals surface area contributed by atoms with Crippen molar-refractivity contribution in [3.05, 3.63) is 18.6 Å². The number of carbonyl (C=O) groups is 2. The molecule has 0 atom stereocenters. The maximum Gasteiger partial charge on any atom is 0.405 e. The van der Waals surface area contributed by atoms with Crippen molar-refractivity contribution in [2.45, 2.75) is 19.0 Å². The van der Waals surface area contributed by atoms with Gasteiger partial charge < -0.3 is 15.5 Å². The summed E-state index contributed by atoms with van der Waals surface area (Å²) < 4.78 is 35.9. The quantitative estimate of drug-likeness (QED) is 0.776. The van der Waals surface area contributed by atoms with Crippen LogP contribution in [0.5, 0.6) is 0 Å². The fraction of sp³-hybridized carbons (Fsp3) is 0.571. The summed E-state index contributed by atoms with van der Waals surface area (Å²) in [4.78, 5) is 33.0. The number of anilines is 1. The lowest BCUT2D eigenvalue weighted by atomic mass is 9.97. The topological polar surface area (TPSA) is 87.2 Å². The summed E-state index contributed by atoms with van der Waals surface area (Å²) in [6.07, 6.45) is 1.90. The summed E-state index contributed by atoms with van der Waals surface area (Å²) in [6, 6.07) is 0. The van der Waals surface area contributed by atoms with E-state index in [9.17, 15) is 22.8 Å². The average molecular weight is 345 g/mol. The molecular formula is C14H18F3N5O2. The second-order valence-electron chi connectivity index (χ2n) is 5.50. The molecule has 1 aromatic rings. The molecule has 0 bridgehead atoms. The Labute approximate surface area is 136 Å². The molecular weight excluding hydrogens is 327 g/mol. The van der Waals surface area contributed by atoms with E-state index in [2.05, 4.69) is 20.2 Å². The molecule has 0 unspecified atom stereocenters. The molecule has 24 heavy (non-hydrogen) atoms. The summed E-state index contributed by atoms with van der Waals surface area (Å²) in [5.41, 5.74) is 0. The average Bonchev–Trinajstić information content (AvgIpc) is 2.58. The smallest absolute Gasteiger partial charge is 0.355 e. The predicted molar refractivity (Wildman–Crippen MR) is 79.0 cm³/mol. The fourth-order valence-electron chi connectivity index (χ4n) is 2.40. The Kier molecular flexibility index (Phi) is 5.93. The first-order chi connectivity index (χ1) is 11.3. The standard InChI is InChI=1S/C14H18F3N5O2/c15-14(16,17)9-21-13(24)12(23)20-7-10-1-5-22(6-2-10)11-8-18-3-4-19-11/h3-4,8,10H,1-2,5-7,9H2,(H,20,23)(H,21,24). The van der Waals surface area contributed by atoms with Gasteiger partial charge in [-0.05, 0) is 18.8 Å². The van der Waals surface area contributed by atoms with E-state index in [1.165, 1.54) is 5.32 Å². The molecule has 0 radical (unpaired) electrons. The molecule has 2 heterocycles. The van der Waals surface area contributed by atoms with Crippen molar-refractivity contribution in [3.63, 3.8) is 0 Å². The number of nitrogens with zero attached hydrogens (tertiary/aromatic N) is 3. The van der Waals surface area contributed by atoms with E-state index < -0.39 is 24.5 Å². The van der Waals surface area contributed by atoms with Crippen molar-refractivity contribution in [2.75, 3.05) is 31.1 Å². The lowest BCUT2D eigenvalue weighted by molar-refractivity contribution is -0.146. The SMILES string of the molecule is O=C(NCC1CCN(c2cnccn2)CC1)C(=O)NCC(F)(F)F. The minimum atomic E-state index is -4.54. The van der Waals surface area contributed by atoms with Gasteiger partial charge in [0.15, 0.2) is 0 Å². The van der Waals surface area contributed by atoms with Crippen LogP contribution < -0.4 is 15.5 Å². The van der Waals surface area contributed by atoms with Crippen molar-refractivity contribution in [1.82, 2.24) is 20.6 Å². The normalized spacial score (nSPS) is 15.9. The Balaban J connectivity index is 1.69. The zero-order valence-corrected chi connectivity index (χ0v) is 12.8. The fourth-order valence-corrected chi connectivity index (χ4v) is 2.40. The molecule has 2 amide bonds. The molecule has 0 aliphatic carbocycles. The molecule has 132 valence electrons. The number of aromatic nitrogens is 2. The molecule has 2 N–H and O–H groups in total. The Bertz CT molecular complexity index is 559. The Morgan fingerprint density at radius 2 is 1.83 bits per heavy atom. The summed E-state index contributed by atoms with van der Waals surface area (Å²) in [6.45, 7) is 0.210. The van der Waals surface area contributed by atoms with E-state index in [0.717, 1.165) is 31.7 Å². The molecule has 1 aliphatic heterocycles. The summed E-state index contributed by atoms with van der Waals surface area (Å²) in [7, 11) is 0. The highest BCUT2D eigenvalue weighted by atomic mass is 19.4. The minimum absolute atomic E-state index is 0.164.